The Bertz CT molecular complexity index is 1050. The number of unbranched alkanes of at least 4 members (excludes halogenated alkanes) is 6. The fourth-order valence-electron chi connectivity index (χ4n) is 3.69. The third-order valence-corrected chi connectivity index (χ3v) is 5.77. The van der Waals surface area contributed by atoms with Gasteiger partial charge in [-0.2, -0.15) is 0 Å². The summed E-state index contributed by atoms with van der Waals surface area (Å²) in [6, 6.07) is 11.1. The molecule has 0 atom stereocenters. The van der Waals surface area contributed by atoms with Gasteiger partial charge < -0.3 is 9.47 Å². The highest BCUT2D eigenvalue weighted by molar-refractivity contribution is 5.91. The average molecular weight is 479 g/mol. The Morgan fingerprint density at radius 2 is 1.49 bits per heavy atom. The van der Waals surface area contributed by atoms with Gasteiger partial charge in [0.2, 0.25) is 0 Å². The van der Waals surface area contributed by atoms with Gasteiger partial charge in [0.05, 0.1) is 12.2 Å². The molecule has 1 aromatic heterocycles. The average Bonchev–Trinajstić information content (AvgIpc) is 2.87. The topological polar surface area (TPSA) is 61.3 Å². The van der Waals surface area contributed by atoms with Crippen LogP contribution in [0, 0.1) is 5.82 Å². The van der Waals surface area contributed by atoms with E-state index in [-0.39, 0.29) is 5.56 Å². The molecule has 3 aromatic rings. The highest BCUT2D eigenvalue weighted by atomic mass is 19.1. The van der Waals surface area contributed by atoms with Crippen molar-refractivity contribution >= 4 is 5.97 Å². The second-order valence-corrected chi connectivity index (χ2v) is 8.69. The Hall–Kier alpha value is -3.28. The van der Waals surface area contributed by atoms with Gasteiger partial charge in [-0.15, -0.1) is 0 Å². The van der Waals surface area contributed by atoms with Crippen molar-refractivity contribution in [1.29, 1.82) is 0 Å². The van der Waals surface area contributed by atoms with Crippen LogP contribution in [0.25, 0.3) is 11.4 Å². The molecule has 1 heterocycles. The van der Waals surface area contributed by atoms with Gasteiger partial charge >= 0.3 is 5.97 Å². The predicted octanol–water partition coefficient (Wildman–Crippen LogP) is 7.58. The quantitative estimate of drug-likeness (QED) is 0.136. The minimum atomic E-state index is -0.756. The third-order valence-electron chi connectivity index (χ3n) is 5.77. The third kappa shape index (κ3) is 8.46. The molecule has 35 heavy (non-hydrogen) atoms. The van der Waals surface area contributed by atoms with E-state index in [2.05, 4.69) is 23.8 Å². The van der Waals surface area contributed by atoms with Crippen LogP contribution in [0.15, 0.2) is 54.9 Å². The maximum Gasteiger partial charge on any atom is 0.346 e. The molecule has 0 aliphatic heterocycles. The molecule has 0 saturated carbocycles. The maximum atomic E-state index is 14.5. The van der Waals surface area contributed by atoms with Crippen LogP contribution in [0.1, 0.15) is 81.1 Å². The zero-order valence-electron chi connectivity index (χ0n) is 20.8. The van der Waals surface area contributed by atoms with E-state index in [0.29, 0.717) is 23.9 Å². The summed E-state index contributed by atoms with van der Waals surface area (Å²) in [4.78, 5) is 21.4. The van der Waals surface area contributed by atoms with Crippen LogP contribution in [0.3, 0.4) is 0 Å². The summed E-state index contributed by atoms with van der Waals surface area (Å²) >= 11 is 0. The molecular formula is C29H35FN2O3. The predicted molar refractivity (Wildman–Crippen MR) is 136 cm³/mol. The first-order valence-electron chi connectivity index (χ1n) is 12.7. The molecule has 0 bridgehead atoms. The van der Waals surface area contributed by atoms with Crippen molar-refractivity contribution in [3.63, 3.8) is 0 Å². The van der Waals surface area contributed by atoms with Crippen LogP contribution in [-0.2, 0) is 6.42 Å². The minimum absolute atomic E-state index is 0.133. The van der Waals surface area contributed by atoms with Gasteiger partial charge in [-0.3, -0.25) is 0 Å². The Kier molecular flexibility index (Phi) is 10.7. The molecule has 0 fully saturated rings. The fourth-order valence-corrected chi connectivity index (χ4v) is 3.69. The van der Waals surface area contributed by atoms with Crippen LogP contribution in [-0.4, -0.2) is 22.5 Å². The summed E-state index contributed by atoms with van der Waals surface area (Å²) in [6.45, 7) is 4.88. The van der Waals surface area contributed by atoms with Crippen LogP contribution in [0.4, 0.5) is 4.39 Å². The number of esters is 1. The van der Waals surface area contributed by atoms with Crippen molar-refractivity contribution in [2.75, 3.05) is 6.61 Å². The van der Waals surface area contributed by atoms with E-state index in [0.717, 1.165) is 36.8 Å². The first-order valence-corrected chi connectivity index (χ1v) is 12.7. The van der Waals surface area contributed by atoms with Gasteiger partial charge in [0, 0.05) is 24.0 Å². The van der Waals surface area contributed by atoms with Gasteiger partial charge in [0.15, 0.2) is 5.82 Å². The van der Waals surface area contributed by atoms with Crippen molar-refractivity contribution in [3.8, 4) is 22.9 Å². The van der Waals surface area contributed by atoms with E-state index in [1.54, 1.807) is 30.3 Å². The molecule has 3 rings (SSSR count). The van der Waals surface area contributed by atoms with Gasteiger partial charge in [0.25, 0.3) is 0 Å². The molecule has 0 saturated heterocycles. The first-order chi connectivity index (χ1) is 17.1. The van der Waals surface area contributed by atoms with Crippen molar-refractivity contribution in [1.82, 2.24) is 9.97 Å². The second-order valence-electron chi connectivity index (χ2n) is 8.69. The molecule has 2 aromatic carbocycles. The molecular weight excluding hydrogens is 443 g/mol. The largest absolute Gasteiger partial charge is 0.493 e. The molecule has 0 N–H and O–H groups in total. The number of carbonyl (C=O) groups excluding carboxylic acids is 1. The summed E-state index contributed by atoms with van der Waals surface area (Å²) < 4.78 is 25.5. The summed E-state index contributed by atoms with van der Waals surface area (Å²) in [5, 5.41) is 0. The van der Waals surface area contributed by atoms with Crippen LogP contribution in [0.5, 0.6) is 11.5 Å². The summed E-state index contributed by atoms with van der Waals surface area (Å²) in [7, 11) is 0. The molecule has 0 amide bonds. The normalized spacial score (nSPS) is 10.8. The monoisotopic (exact) mass is 478 g/mol. The number of ether oxygens (including phenoxy) is 2. The number of carbonyl (C=O) groups is 1. The standard InChI is InChI=1S/C29H35FN2O3/c1-3-5-7-8-10-18-34-25-16-17-26(27(30)19-25)29(33)35-24-14-12-23(13-15-24)28-31-20-22(21-32-28)11-9-6-4-2/h12-17,19-21H,3-11,18H2,1-2H3. The number of benzene rings is 2. The van der Waals surface area contributed by atoms with E-state index in [1.165, 1.54) is 44.2 Å². The number of hydrogen-bond donors (Lipinski definition) is 0. The second kappa shape index (κ2) is 14.2. The SMILES string of the molecule is CCCCCCCOc1ccc(C(=O)Oc2ccc(-c3ncc(CCCCC)cn3)cc2)c(F)c1. The van der Waals surface area contributed by atoms with Crippen molar-refractivity contribution in [2.24, 2.45) is 0 Å². The van der Waals surface area contributed by atoms with Gasteiger partial charge in [-0.25, -0.2) is 19.2 Å². The Morgan fingerprint density at radius 3 is 2.17 bits per heavy atom. The van der Waals surface area contributed by atoms with Crippen molar-refractivity contribution < 1.29 is 18.7 Å². The molecule has 0 spiro atoms. The van der Waals surface area contributed by atoms with E-state index in [1.807, 2.05) is 12.4 Å². The minimum Gasteiger partial charge on any atom is -0.493 e. The smallest absolute Gasteiger partial charge is 0.346 e. The van der Waals surface area contributed by atoms with Gasteiger partial charge in [0.1, 0.15) is 17.3 Å². The summed E-state index contributed by atoms with van der Waals surface area (Å²) in [6.07, 6.45) is 13.8. The lowest BCUT2D eigenvalue weighted by atomic mass is 10.1. The zero-order valence-corrected chi connectivity index (χ0v) is 20.8. The molecule has 0 unspecified atom stereocenters. The molecule has 5 nitrogen and oxygen atoms in total. The highest BCUT2D eigenvalue weighted by Gasteiger charge is 2.15. The van der Waals surface area contributed by atoms with E-state index in [9.17, 15) is 9.18 Å². The number of hydrogen-bond acceptors (Lipinski definition) is 5. The molecule has 0 aliphatic carbocycles. The molecule has 0 aliphatic rings. The van der Waals surface area contributed by atoms with Crippen LogP contribution >= 0.6 is 0 Å². The number of aryl methyl sites for hydroxylation is 1. The molecule has 0 radical (unpaired) electrons. The lowest BCUT2D eigenvalue weighted by Gasteiger charge is -2.09. The molecule has 6 heteroatoms. The van der Waals surface area contributed by atoms with Gasteiger partial charge in [-0.1, -0.05) is 52.4 Å². The first kappa shape index (κ1) is 26.3. The lowest BCUT2D eigenvalue weighted by molar-refractivity contribution is 0.0730. The van der Waals surface area contributed by atoms with Crippen LogP contribution in [0.2, 0.25) is 0 Å². The number of nitrogens with zero attached hydrogens (tertiary/aromatic N) is 2. The number of rotatable bonds is 14. The number of aromatic nitrogens is 2. The fraction of sp³-hybridized carbons (Fsp3) is 0.414. The lowest BCUT2D eigenvalue weighted by Crippen LogP contribution is -2.11. The Labute approximate surface area is 207 Å². The van der Waals surface area contributed by atoms with E-state index >= 15 is 0 Å². The summed E-state index contributed by atoms with van der Waals surface area (Å²) in [5.41, 5.74) is 1.80. The highest BCUT2D eigenvalue weighted by Crippen LogP contribution is 2.22. The maximum absolute atomic E-state index is 14.5. The molecule has 186 valence electrons. The summed E-state index contributed by atoms with van der Waals surface area (Å²) in [5.74, 6) is -0.0808. The van der Waals surface area contributed by atoms with Crippen LogP contribution < -0.4 is 9.47 Å². The Balaban J connectivity index is 1.52. The van der Waals surface area contributed by atoms with E-state index < -0.39 is 11.8 Å². The van der Waals surface area contributed by atoms with Crippen molar-refractivity contribution in [2.45, 2.75) is 71.6 Å². The Morgan fingerprint density at radius 1 is 0.829 bits per heavy atom. The zero-order chi connectivity index (χ0) is 24.9. The van der Waals surface area contributed by atoms with Gasteiger partial charge in [-0.05, 0) is 61.2 Å². The number of halogens is 1. The van der Waals surface area contributed by atoms with E-state index in [4.69, 9.17) is 9.47 Å². The van der Waals surface area contributed by atoms with Crippen molar-refractivity contribution in [3.05, 3.63) is 71.8 Å².